The van der Waals surface area contributed by atoms with Crippen LogP contribution in [0.3, 0.4) is 0 Å². The molecule has 2 rings (SSSR count). The van der Waals surface area contributed by atoms with Crippen molar-refractivity contribution in [2.75, 3.05) is 26.1 Å². The first-order chi connectivity index (χ1) is 11.9. The summed E-state index contributed by atoms with van der Waals surface area (Å²) in [5.74, 6) is 0.563. The number of anilines is 1. The van der Waals surface area contributed by atoms with E-state index in [1.165, 1.54) is 4.90 Å². The van der Waals surface area contributed by atoms with Crippen molar-refractivity contribution in [3.63, 3.8) is 0 Å². The van der Waals surface area contributed by atoms with Gasteiger partial charge in [0.15, 0.2) is 6.61 Å². The standard InChI is InChI=1S/C19H22ClN3O2/c1-13-5-8-16(11-18(13)20)22-21-14(2)15-6-9-17(10-7-15)25-12-19(24)23(3)4/h5-11,22H,12H2,1-4H3/b21-14+. The molecule has 1 amide bonds. The highest BCUT2D eigenvalue weighted by Gasteiger charge is 2.05. The number of nitrogens with one attached hydrogen (secondary N) is 1. The number of likely N-dealkylation sites (N-methyl/N-ethyl adjacent to an activating group) is 1. The van der Waals surface area contributed by atoms with Crippen LogP contribution in [0, 0.1) is 6.92 Å². The number of hydrogen-bond acceptors (Lipinski definition) is 4. The van der Waals surface area contributed by atoms with E-state index in [0.717, 1.165) is 22.5 Å². The minimum absolute atomic E-state index is 0.0230. The third-order valence-corrected chi connectivity index (χ3v) is 4.06. The number of amides is 1. The fourth-order valence-electron chi connectivity index (χ4n) is 1.94. The highest BCUT2D eigenvalue weighted by atomic mass is 35.5. The minimum Gasteiger partial charge on any atom is -0.484 e. The number of ether oxygens (including phenoxy) is 1. The van der Waals surface area contributed by atoms with Crippen LogP contribution in [0.2, 0.25) is 5.02 Å². The lowest BCUT2D eigenvalue weighted by atomic mass is 10.1. The summed E-state index contributed by atoms with van der Waals surface area (Å²) in [5, 5.41) is 5.07. The van der Waals surface area contributed by atoms with E-state index in [2.05, 4.69) is 10.5 Å². The molecule has 25 heavy (non-hydrogen) atoms. The zero-order valence-electron chi connectivity index (χ0n) is 14.8. The second kappa shape index (κ2) is 8.53. The van der Waals surface area contributed by atoms with Crippen molar-refractivity contribution in [2.45, 2.75) is 13.8 Å². The Hall–Kier alpha value is -2.53. The summed E-state index contributed by atoms with van der Waals surface area (Å²) in [6.45, 7) is 3.89. The molecule has 2 aromatic carbocycles. The molecule has 0 saturated carbocycles. The summed E-state index contributed by atoms with van der Waals surface area (Å²) in [6.07, 6.45) is 0. The Balaban J connectivity index is 1.98. The number of carbonyl (C=O) groups excluding carboxylic acids is 1. The third-order valence-electron chi connectivity index (χ3n) is 3.66. The Kier molecular flexibility index (Phi) is 6.42. The first-order valence-electron chi connectivity index (χ1n) is 7.86. The van der Waals surface area contributed by atoms with Gasteiger partial charge in [0.2, 0.25) is 0 Å². The average Bonchev–Trinajstić information content (AvgIpc) is 2.60. The summed E-state index contributed by atoms with van der Waals surface area (Å²) in [6, 6.07) is 13.1. The van der Waals surface area contributed by atoms with E-state index >= 15 is 0 Å². The van der Waals surface area contributed by atoms with Crippen LogP contribution < -0.4 is 10.2 Å². The van der Waals surface area contributed by atoms with Crippen LogP contribution in [0.5, 0.6) is 5.75 Å². The van der Waals surface area contributed by atoms with Gasteiger partial charge in [-0.05, 0) is 61.4 Å². The molecule has 0 spiro atoms. The quantitative estimate of drug-likeness (QED) is 0.627. The molecule has 1 N–H and O–H groups in total. The van der Waals surface area contributed by atoms with Crippen LogP contribution in [-0.4, -0.2) is 37.2 Å². The molecule has 5 nitrogen and oxygen atoms in total. The first kappa shape index (κ1) is 18.8. The van der Waals surface area contributed by atoms with Crippen LogP contribution in [0.1, 0.15) is 18.1 Å². The van der Waals surface area contributed by atoms with Gasteiger partial charge in [-0.1, -0.05) is 17.7 Å². The number of halogens is 1. The van der Waals surface area contributed by atoms with Gasteiger partial charge in [0.1, 0.15) is 5.75 Å². The maximum atomic E-state index is 11.5. The number of rotatable bonds is 6. The lowest BCUT2D eigenvalue weighted by Crippen LogP contribution is -2.27. The molecular formula is C19H22ClN3O2. The van der Waals surface area contributed by atoms with E-state index in [9.17, 15) is 4.79 Å². The van der Waals surface area contributed by atoms with Crippen LogP contribution in [0.25, 0.3) is 0 Å². The molecule has 0 aliphatic heterocycles. The Bertz CT molecular complexity index is 771. The zero-order chi connectivity index (χ0) is 18.4. The van der Waals surface area contributed by atoms with Crippen LogP contribution in [0.4, 0.5) is 5.69 Å². The molecule has 0 radical (unpaired) electrons. The molecule has 0 bridgehead atoms. The molecule has 2 aromatic rings. The van der Waals surface area contributed by atoms with Gasteiger partial charge in [-0.15, -0.1) is 0 Å². The molecule has 0 fully saturated rings. The Morgan fingerprint density at radius 1 is 1.20 bits per heavy atom. The van der Waals surface area contributed by atoms with Gasteiger partial charge in [0, 0.05) is 19.1 Å². The summed E-state index contributed by atoms with van der Waals surface area (Å²) in [4.78, 5) is 13.0. The topological polar surface area (TPSA) is 53.9 Å². The van der Waals surface area contributed by atoms with E-state index < -0.39 is 0 Å². The Morgan fingerprint density at radius 3 is 2.48 bits per heavy atom. The van der Waals surface area contributed by atoms with Crippen LogP contribution >= 0.6 is 11.6 Å². The number of benzene rings is 2. The van der Waals surface area contributed by atoms with Gasteiger partial charge >= 0.3 is 0 Å². The smallest absolute Gasteiger partial charge is 0.259 e. The van der Waals surface area contributed by atoms with Crippen molar-refractivity contribution in [3.8, 4) is 5.75 Å². The maximum Gasteiger partial charge on any atom is 0.259 e. The van der Waals surface area contributed by atoms with Crippen molar-refractivity contribution in [3.05, 3.63) is 58.6 Å². The van der Waals surface area contributed by atoms with Crippen molar-refractivity contribution in [1.29, 1.82) is 0 Å². The zero-order valence-corrected chi connectivity index (χ0v) is 15.6. The van der Waals surface area contributed by atoms with E-state index in [0.29, 0.717) is 10.8 Å². The molecule has 0 aliphatic rings. The monoisotopic (exact) mass is 359 g/mol. The second-order valence-electron chi connectivity index (χ2n) is 5.87. The largest absolute Gasteiger partial charge is 0.484 e. The van der Waals surface area contributed by atoms with Crippen molar-refractivity contribution >= 4 is 28.9 Å². The lowest BCUT2D eigenvalue weighted by molar-refractivity contribution is -0.130. The Morgan fingerprint density at radius 2 is 1.88 bits per heavy atom. The van der Waals surface area contributed by atoms with E-state index in [4.69, 9.17) is 16.3 Å². The Labute approximate surface area is 153 Å². The molecule has 0 aliphatic carbocycles. The van der Waals surface area contributed by atoms with Gasteiger partial charge < -0.3 is 9.64 Å². The molecule has 0 heterocycles. The van der Waals surface area contributed by atoms with Gasteiger partial charge in [-0.25, -0.2) is 0 Å². The van der Waals surface area contributed by atoms with Gasteiger partial charge in [-0.3, -0.25) is 10.2 Å². The molecule has 0 unspecified atom stereocenters. The van der Waals surface area contributed by atoms with Gasteiger partial charge in [0.25, 0.3) is 5.91 Å². The molecule has 0 aromatic heterocycles. The molecule has 0 saturated heterocycles. The SMILES string of the molecule is C/C(=N\Nc1ccc(C)c(Cl)c1)c1ccc(OCC(=O)N(C)C)cc1. The predicted octanol–water partition coefficient (Wildman–Crippen LogP) is 3.95. The first-order valence-corrected chi connectivity index (χ1v) is 8.24. The lowest BCUT2D eigenvalue weighted by Gasteiger charge is -2.11. The molecule has 0 atom stereocenters. The maximum absolute atomic E-state index is 11.5. The van der Waals surface area contributed by atoms with E-state index in [1.54, 1.807) is 14.1 Å². The van der Waals surface area contributed by atoms with Crippen LogP contribution in [-0.2, 0) is 4.79 Å². The number of nitrogens with zero attached hydrogens (tertiary/aromatic N) is 2. The number of carbonyl (C=O) groups is 1. The highest BCUT2D eigenvalue weighted by Crippen LogP contribution is 2.20. The number of hydrogen-bond donors (Lipinski definition) is 1. The van der Waals surface area contributed by atoms with E-state index in [1.807, 2.05) is 56.3 Å². The van der Waals surface area contributed by atoms with E-state index in [-0.39, 0.29) is 12.5 Å². The fraction of sp³-hybridized carbons (Fsp3) is 0.263. The second-order valence-corrected chi connectivity index (χ2v) is 6.28. The number of hydrazone groups is 1. The van der Waals surface area contributed by atoms with Crippen molar-refractivity contribution in [1.82, 2.24) is 4.90 Å². The number of aryl methyl sites for hydroxylation is 1. The molecule has 6 heteroatoms. The summed E-state index contributed by atoms with van der Waals surface area (Å²) in [7, 11) is 3.39. The molecule has 132 valence electrons. The van der Waals surface area contributed by atoms with Crippen molar-refractivity contribution in [2.24, 2.45) is 5.10 Å². The average molecular weight is 360 g/mol. The highest BCUT2D eigenvalue weighted by molar-refractivity contribution is 6.31. The van der Waals surface area contributed by atoms with Crippen molar-refractivity contribution < 1.29 is 9.53 Å². The summed E-state index contributed by atoms with van der Waals surface area (Å²) in [5.41, 5.74) is 6.64. The van der Waals surface area contributed by atoms with Gasteiger partial charge in [0.05, 0.1) is 11.4 Å². The fourth-order valence-corrected chi connectivity index (χ4v) is 2.12. The van der Waals surface area contributed by atoms with Gasteiger partial charge in [-0.2, -0.15) is 5.10 Å². The normalized spacial score (nSPS) is 11.2. The van der Waals surface area contributed by atoms with Crippen LogP contribution in [0.15, 0.2) is 47.6 Å². The third kappa shape index (κ3) is 5.50. The predicted molar refractivity (Wildman–Crippen MR) is 103 cm³/mol. The molecular weight excluding hydrogens is 338 g/mol. The minimum atomic E-state index is -0.0808. The summed E-state index contributed by atoms with van der Waals surface area (Å²) >= 11 is 6.11. The summed E-state index contributed by atoms with van der Waals surface area (Å²) < 4.78 is 5.46.